The van der Waals surface area contributed by atoms with Gasteiger partial charge in [-0.2, -0.15) is 0 Å². The van der Waals surface area contributed by atoms with Crippen molar-refractivity contribution >= 4 is 45.3 Å². The zero-order valence-corrected chi connectivity index (χ0v) is 16.3. The molecule has 1 aromatic carbocycles. The molecule has 0 bridgehead atoms. The Morgan fingerprint density at radius 3 is 2.48 bits per heavy atom. The lowest BCUT2D eigenvalue weighted by molar-refractivity contribution is 0.810. The number of amidine groups is 2. The zero-order chi connectivity index (χ0) is 18.3. The van der Waals surface area contributed by atoms with Crippen LogP contribution >= 0.6 is 22.9 Å². The zero-order valence-electron chi connectivity index (χ0n) is 14.8. The molecule has 2 heterocycles. The van der Waals surface area contributed by atoms with Gasteiger partial charge in [-0.1, -0.05) is 30.7 Å². The number of aliphatic imine (C=N–C) groups is 1. The molecule has 1 unspecified atom stereocenters. The molecular formula is C19H21ClN4S. The first-order valence-corrected chi connectivity index (χ1v) is 9.42. The van der Waals surface area contributed by atoms with Crippen molar-refractivity contribution in [2.24, 2.45) is 4.99 Å². The Balaban J connectivity index is 2.32. The van der Waals surface area contributed by atoms with Crippen molar-refractivity contribution in [3.8, 4) is 0 Å². The first-order valence-electron chi connectivity index (χ1n) is 8.23. The van der Waals surface area contributed by atoms with Gasteiger partial charge >= 0.3 is 0 Å². The average molecular weight is 373 g/mol. The van der Waals surface area contributed by atoms with Crippen molar-refractivity contribution in [2.45, 2.75) is 40.2 Å². The van der Waals surface area contributed by atoms with Crippen LogP contribution in [0.3, 0.4) is 0 Å². The van der Waals surface area contributed by atoms with Crippen molar-refractivity contribution < 1.29 is 0 Å². The van der Waals surface area contributed by atoms with Gasteiger partial charge < -0.3 is 0 Å². The van der Waals surface area contributed by atoms with E-state index in [0.29, 0.717) is 23.1 Å². The molecule has 0 saturated heterocycles. The van der Waals surface area contributed by atoms with E-state index in [1.54, 1.807) is 23.2 Å². The van der Waals surface area contributed by atoms with E-state index in [0.717, 1.165) is 27.4 Å². The van der Waals surface area contributed by atoms with Crippen molar-refractivity contribution in [1.29, 1.82) is 10.8 Å². The van der Waals surface area contributed by atoms with E-state index in [1.165, 1.54) is 4.88 Å². The Bertz CT molecular complexity index is 880. The van der Waals surface area contributed by atoms with E-state index in [4.69, 9.17) is 27.4 Å². The third kappa shape index (κ3) is 3.02. The molecule has 25 heavy (non-hydrogen) atoms. The third-order valence-corrected chi connectivity index (χ3v) is 5.93. The molecule has 0 aliphatic carbocycles. The first kappa shape index (κ1) is 17.8. The summed E-state index contributed by atoms with van der Waals surface area (Å²) in [4.78, 5) is 7.86. The van der Waals surface area contributed by atoms with Crippen LogP contribution in [0.2, 0.25) is 5.02 Å². The lowest BCUT2D eigenvalue weighted by Crippen LogP contribution is -2.39. The largest absolute Gasteiger partial charge is 0.288 e. The molecule has 0 saturated carbocycles. The van der Waals surface area contributed by atoms with Crippen LogP contribution in [0.25, 0.3) is 0 Å². The highest BCUT2D eigenvalue weighted by atomic mass is 35.5. The Morgan fingerprint density at radius 2 is 1.92 bits per heavy atom. The maximum Gasteiger partial charge on any atom is 0.132 e. The number of thiophene rings is 1. The number of hydrogen-bond acceptors (Lipinski definition) is 4. The molecule has 1 aromatic heterocycles. The molecule has 0 spiro atoms. The number of benzene rings is 1. The summed E-state index contributed by atoms with van der Waals surface area (Å²) in [6.45, 7) is 7.91. The number of halogens is 1. The Morgan fingerprint density at radius 1 is 1.28 bits per heavy atom. The first-order chi connectivity index (χ1) is 11.8. The molecule has 0 fully saturated rings. The predicted octanol–water partition coefficient (Wildman–Crippen LogP) is 5.43. The topological polar surface area (TPSA) is 63.3 Å². The number of hydrogen-bond donors (Lipinski definition) is 2. The van der Waals surface area contributed by atoms with E-state index in [9.17, 15) is 0 Å². The number of nitrogens with zero attached hydrogens (tertiary/aromatic N) is 2. The van der Waals surface area contributed by atoms with Gasteiger partial charge in [0.2, 0.25) is 0 Å². The van der Waals surface area contributed by atoms with Gasteiger partial charge in [0.15, 0.2) is 0 Å². The summed E-state index contributed by atoms with van der Waals surface area (Å²) in [6, 6.07) is 7.40. The minimum absolute atomic E-state index is 0.273. The minimum Gasteiger partial charge on any atom is -0.288 e. The molecular weight excluding hydrogens is 352 g/mol. The smallest absolute Gasteiger partial charge is 0.132 e. The molecule has 130 valence electrons. The second-order valence-corrected chi connectivity index (χ2v) is 7.82. The van der Waals surface area contributed by atoms with Gasteiger partial charge in [-0.3, -0.25) is 20.7 Å². The average Bonchev–Trinajstić information content (AvgIpc) is 2.77. The Kier molecular flexibility index (Phi) is 4.80. The maximum absolute atomic E-state index is 8.63. The molecule has 2 N–H and O–H groups in total. The predicted molar refractivity (Wildman–Crippen MR) is 109 cm³/mol. The third-order valence-electron chi connectivity index (χ3n) is 4.49. The van der Waals surface area contributed by atoms with E-state index < -0.39 is 0 Å². The van der Waals surface area contributed by atoms with Gasteiger partial charge in [-0.25, -0.2) is 0 Å². The summed E-state index contributed by atoms with van der Waals surface area (Å²) in [5.74, 6) is 0.708. The molecule has 3 rings (SSSR count). The van der Waals surface area contributed by atoms with Crippen molar-refractivity contribution in [3.63, 3.8) is 0 Å². The van der Waals surface area contributed by atoms with Crippen molar-refractivity contribution in [3.05, 3.63) is 50.9 Å². The highest BCUT2D eigenvalue weighted by Gasteiger charge is 2.32. The van der Waals surface area contributed by atoms with Crippen LogP contribution in [0.4, 0.5) is 5.00 Å². The fourth-order valence-electron chi connectivity index (χ4n) is 3.03. The molecule has 4 nitrogen and oxygen atoms in total. The normalized spacial score (nSPS) is 17.2. The lowest BCUT2D eigenvalue weighted by Gasteiger charge is -2.24. The molecule has 1 aliphatic heterocycles. The van der Waals surface area contributed by atoms with Crippen LogP contribution in [0.5, 0.6) is 0 Å². The number of nitrogens with one attached hydrogen (secondary N) is 2. The summed E-state index contributed by atoms with van der Waals surface area (Å²) in [6.07, 6.45) is 0.715. The minimum atomic E-state index is -0.273. The second-order valence-electron chi connectivity index (χ2n) is 6.18. The lowest BCUT2D eigenvalue weighted by atomic mass is 10.00. The molecule has 6 heteroatoms. The van der Waals surface area contributed by atoms with E-state index in [1.807, 2.05) is 31.2 Å². The monoisotopic (exact) mass is 372 g/mol. The molecule has 1 aliphatic rings. The van der Waals surface area contributed by atoms with Crippen LogP contribution in [-0.4, -0.2) is 23.4 Å². The Hall–Kier alpha value is -1.98. The number of anilines is 1. The van der Waals surface area contributed by atoms with Gasteiger partial charge in [-0.05, 0) is 44.9 Å². The summed E-state index contributed by atoms with van der Waals surface area (Å²) in [7, 11) is 0. The molecule has 0 amide bonds. The number of aryl methyl sites for hydroxylation is 1. The highest BCUT2D eigenvalue weighted by molar-refractivity contribution is 7.17. The summed E-state index contributed by atoms with van der Waals surface area (Å²) in [5, 5.41) is 18.5. The van der Waals surface area contributed by atoms with Crippen molar-refractivity contribution in [1.82, 2.24) is 0 Å². The standard InChI is InChI=1S/C19H21ClN4S/c1-5-15-18(22)24(12(4)21)19-16(10(2)11(3)25-19)17(23-15)13-6-8-14(20)9-7-13/h6-9,15,21-22H,5H2,1-4H3. The van der Waals surface area contributed by atoms with Crippen LogP contribution in [-0.2, 0) is 0 Å². The SMILES string of the molecule is CCC1N=C(c2ccc(Cl)cc2)c2c(sc(C)c2C)N(C(C)=N)C1=N. The van der Waals surface area contributed by atoms with E-state index in [-0.39, 0.29) is 6.04 Å². The van der Waals surface area contributed by atoms with Crippen molar-refractivity contribution in [2.75, 3.05) is 4.90 Å². The van der Waals surface area contributed by atoms with Gasteiger partial charge in [0.05, 0.1) is 5.71 Å². The number of fused-ring (bicyclic) bond motifs is 1. The number of rotatable bonds is 2. The van der Waals surface area contributed by atoms with Gasteiger partial charge in [0.1, 0.15) is 22.7 Å². The summed E-state index contributed by atoms with van der Waals surface area (Å²) < 4.78 is 0. The van der Waals surface area contributed by atoms with E-state index >= 15 is 0 Å². The van der Waals surface area contributed by atoms with Crippen LogP contribution in [0.1, 0.15) is 41.8 Å². The molecule has 2 aromatic rings. The van der Waals surface area contributed by atoms with Crippen LogP contribution < -0.4 is 4.90 Å². The fourth-order valence-corrected chi connectivity index (χ4v) is 4.38. The highest BCUT2D eigenvalue weighted by Crippen LogP contribution is 2.40. The Labute approximate surface area is 157 Å². The van der Waals surface area contributed by atoms with Gasteiger partial charge in [0.25, 0.3) is 0 Å². The fraction of sp³-hybridized carbons (Fsp3) is 0.316. The van der Waals surface area contributed by atoms with Crippen LogP contribution in [0, 0.1) is 24.7 Å². The quantitative estimate of drug-likeness (QED) is 0.535. The van der Waals surface area contributed by atoms with Gasteiger partial charge in [0, 0.05) is 21.0 Å². The molecule has 1 atom stereocenters. The maximum atomic E-state index is 8.63. The van der Waals surface area contributed by atoms with E-state index in [2.05, 4.69) is 13.8 Å². The summed E-state index contributed by atoms with van der Waals surface area (Å²) >= 11 is 7.68. The van der Waals surface area contributed by atoms with Crippen LogP contribution in [0.15, 0.2) is 29.3 Å². The second kappa shape index (κ2) is 6.73. The summed E-state index contributed by atoms with van der Waals surface area (Å²) in [5.41, 5.74) is 4.05. The van der Waals surface area contributed by atoms with Gasteiger partial charge in [-0.15, -0.1) is 11.3 Å². The molecule has 0 radical (unpaired) electrons.